The molecule has 0 spiro atoms. The van der Waals surface area contributed by atoms with Crippen LogP contribution in [-0.4, -0.2) is 55.2 Å². The van der Waals surface area contributed by atoms with E-state index in [2.05, 4.69) is 15.2 Å². The van der Waals surface area contributed by atoms with Gasteiger partial charge in [0, 0.05) is 32.8 Å². The number of aryl methyl sites for hydroxylation is 1. The minimum Gasteiger partial charge on any atom is -0.383 e. The van der Waals surface area contributed by atoms with Crippen LogP contribution in [0, 0.1) is 17.0 Å². The SMILES string of the molecule is COCCN(C)CCNc1ccc([N+](=O)[O-])c(C)n1. The van der Waals surface area contributed by atoms with Gasteiger partial charge in [0.1, 0.15) is 11.5 Å². The van der Waals surface area contributed by atoms with Crippen LogP contribution < -0.4 is 5.32 Å². The van der Waals surface area contributed by atoms with E-state index in [0.29, 0.717) is 18.1 Å². The Balaban J connectivity index is 2.42. The fourth-order valence-corrected chi connectivity index (χ4v) is 1.58. The number of methoxy groups -OCH3 is 1. The normalized spacial score (nSPS) is 10.7. The molecule has 7 nitrogen and oxygen atoms in total. The number of hydrogen-bond acceptors (Lipinski definition) is 6. The number of ether oxygens (including phenoxy) is 1. The van der Waals surface area contributed by atoms with Crippen LogP contribution in [0.1, 0.15) is 5.69 Å². The molecule has 1 N–H and O–H groups in total. The van der Waals surface area contributed by atoms with Crippen LogP contribution in [-0.2, 0) is 4.74 Å². The lowest BCUT2D eigenvalue weighted by atomic mass is 10.3. The Hall–Kier alpha value is -1.73. The standard InChI is InChI=1S/C12H20N4O3/c1-10-11(16(17)18)4-5-12(14-10)13-6-7-15(2)8-9-19-3/h4-5H,6-9H2,1-3H3,(H,13,14). The predicted molar refractivity (Wildman–Crippen MR) is 73.5 cm³/mol. The summed E-state index contributed by atoms with van der Waals surface area (Å²) in [5.74, 6) is 0.656. The van der Waals surface area contributed by atoms with E-state index < -0.39 is 4.92 Å². The van der Waals surface area contributed by atoms with E-state index >= 15 is 0 Å². The first kappa shape index (κ1) is 15.3. The van der Waals surface area contributed by atoms with Crippen molar-refractivity contribution in [3.05, 3.63) is 27.9 Å². The van der Waals surface area contributed by atoms with E-state index in [9.17, 15) is 10.1 Å². The molecular formula is C12H20N4O3. The zero-order valence-corrected chi connectivity index (χ0v) is 11.5. The second kappa shape index (κ2) is 7.65. The van der Waals surface area contributed by atoms with Gasteiger partial charge in [-0.3, -0.25) is 10.1 Å². The van der Waals surface area contributed by atoms with Gasteiger partial charge in [-0.2, -0.15) is 0 Å². The second-order valence-corrected chi connectivity index (χ2v) is 4.28. The molecule has 0 aliphatic carbocycles. The molecule has 1 aromatic heterocycles. The van der Waals surface area contributed by atoms with Crippen molar-refractivity contribution in [1.29, 1.82) is 0 Å². The van der Waals surface area contributed by atoms with Crippen molar-refractivity contribution in [1.82, 2.24) is 9.88 Å². The monoisotopic (exact) mass is 268 g/mol. The lowest BCUT2D eigenvalue weighted by Gasteiger charge is -2.16. The van der Waals surface area contributed by atoms with E-state index in [1.165, 1.54) is 6.07 Å². The van der Waals surface area contributed by atoms with Crippen molar-refractivity contribution in [2.24, 2.45) is 0 Å². The first-order valence-electron chi connectivity index (χ1n) is 6.08. The topological polar surface area (TPSA) is 80.5 Å². The molecule has 0 aliphatic rings. The third kappa shape index (κ3) is 5.19. The van der Waals surface area contributed by atoms with Crippen molar-refractivity contribution < 1.29 is 9.66 Å². The van der Waals surface area contributed by atoms with Crippen LogP contribution in [0.4, 0.5) is 11.5 Å². The number of hydrogen-bond donors (Lipinski definition) is 1. The highest BCUT2D eigenvalue weighted by atomic mass is 16.6. The number of likely N-dealkylation sites (N-methyl/N-ethyl adjacent to an activating group) is 1. The van der Waals surface area contributed by atoms with Crippen LogP contribution in [0.15, 0.2) is 12.1 Å². The number of pyridine rings is 1. The lowest BCUT2D eigenvalue weighted by molar-refractivity contribution is -0.385. The zero-order chi connectivity index (χ0) is 14.3. The summed E-state index contributed by atoms with van der Waals surface area (Å²) < 4.78 is 4.99. The summed E-state index contributed by atoms with van der Waals surface area (Å²) in [6, 6.07) is 3.10. The molecule has 0 bridgehead atoms. The summed E-state index contributed by atoms with van der Waals surface area (Å²) in [5.41, 5.74) is 0.463. The van der Waals surface area contributed by atoms with Crippen LogP contribution in [0.5, 0.6) is 0 Å². The Morgan fingerprint density at radius 3 is 2.79 bits per heavy atom. The summed E-state index contributed by atoms with van der Waals surface area (Å²) >= 11 is 0. The van der Waals surface area contributed by atoms with Gasteiger partial charge >= 0.3 is 0 Å². The molecule has 0 saturated carbocycles. The van der Waals surface area contributed by atoms with Crippen LogP contribution in [0.25, 0.3) is 0 Å². The number of nitrogens with zero attached hydrogens (tertiary/aromatic N) is 3. The van der Waals surface area contributed by atoms with Crippen molar-refractivity contribution in [2.45, 2.75) is 6.92 Å². The van der Waals surface area contributed by atoms with E-state index in [1.54, 1.807) is 20.1 Å². The summed E-state index contributed by atoms with van der Waals surface area (Å²) in [5, 5.41) is 13.8. The van der Waals surface area contributed by atoms with E-state index in [1.807, 2.05) is 7.05 Å². The molecule has 106 valence electrons. The Morgan fingerprint density at radius 2 is 2.21 bits per heavy atom. The van der Waals surface area contributed by atoms with Crippen LogP contribution in [0.3, 0.4) is 0 Å². The number of anilines is 1. The van der Waals surface area contributed by atoms with Gasteiger partial charge in [0.15, 0.2) is 0 Å². The average Bonchev–Trinajstić information content (AvgIpc) is 2.36. The number of rotatable bonds is 8. The first-order chi connectivity index (χ1) is 9.04. The summed E-state index contributed by atoms with van der Waals surface area (Å²) in [6.45, 7) is 4.77. The van der Waals surface area contributed by atoms with Crippen LogP contribution >= 0.6 is 0 Å². The quantitative estimate of drug-likeness (QED) is 0.565. The first-order valence-corrected chi connectivity index (χ1v) is 6.08. The number of aromatic nitrogens is 1. The van der Waals surface area contributed by atoms with E-state index in [0.717, 1.165) is 19.6 Å². The fraction of sp³-hybridized carbons (Fsp3) is 0.583. The highest BCUT2D eigenvalue weighted by Gasteiger charge is 2.11. The smallest absolute Gasteiger partial charge is 0.290 e. The van der Waals surface area contributed by atoms with Gasteiger partial charge in [0.2, 0.25) is 0 Å². The molecule has 0 radical (unpaired) electrons. The van der Waals surface area contributed by atoms with Crippen LogP contribution in [0.2, 0.25) is 0 Å². The Labute approximate surface area is 112 Å². The van der Waals surface area contributed by atoms with Gasteiger partial charge in [-0.1, -0.05) is 0 Å². The molecule has 19 heavy (non-hydrogen) atoms. The maximum absolute atomic E-state index is 10.7. The number of nitrogens with one attached hydrogen (secondary N) is 1. The third-order valence-electron chi connectivity index (χ3n) is 2.73. The molecule has 0 aliphatic heterocycles. The molecule has 0 fully saturated rings. The van der Waals surface area contributed by atoms with Gasteiger partial charge in [-0.25, -0.2) is 4.98 Å². The number of nitro groups is 1. The highest BCUT2D eigenvalue weighted by Crippen LogP contribution is 2.17. The van der Waals surface area contributed by atoms with Gasteiger partial charge in [-0.15, -0.1) is 0 Å². The second-order valence-electron chi connectivity index (χ2n) is 4.28. The van der Waals surface area contributed by atoms with E-state index in [4.69, 9.17) is 4.74 Å². The highest BCUT2D eigenvalue weighted by molar-refractivity contribution is 5.44. The molecule has 0 saturated heterocycles. The fourth-order valence-electron chi connectivity index (χ4n) is 1.58. The van der Waals surface area contributed by atoms with Gasteiger partial charge < -0.3 is 15.0 Å². The predicted octanol–water partition coefficient (Wildman–Crippen LogP) is 1.29. The molecule has 0 aromatic carbocycles. The molecule has 7 heteroatoms. The van der Waals surface area contributed by atoms with Gasteiger partial charge in [0.05, 0.1) is 11.5 Å². The molecule has 1 rings (SSSR count). The maximum atomic E-state index is 10.7. The molecule has 1 aromatic rings. The Kier molecular flexibility index (Phi) is 6.17. The third-order valence-corrected chi connectivity index (χ3v) is 2.73. The van der Waals surface area contributed by atoms with Crippen molar-refractivity contribution in [3.63, 3.8) is 0 Å². The maximum Gasteiger partial charge on any atom is 0.290 e. The van der Waals surface area contributed by atoms with Crippen molar-refractivity contribution in [3.8, 4) is 0 Å². The molecular weight excluding hydrogens is 248 g/mol. The largest absolute Gasteiger partial charge is 0.383 e. The van der Waals surface area contributed by atoms with Crippen molar-refractivity contribution >= 4 is 11.5 Å². The molecule has 0 unspecified atom stereocenters. The lowest BCUT2D eigenvalue weighted by Crippen LogP contribution is -2.28. The Bertz CT molecular complexity index is 425. The minimum absolute atomic E-state index is 0.0442. The summed E-state index contributed by atoms with van der Waals surface area (Å²) in [7, 11) is 3.69. The molecule has 0 amide bonds. The zero-order valence-electron chi connectivity index (χ0n) is 11.5. The summed E-state index contributed by atoms with van der Waals surface area (Å²) in [4.78, 5) is 16.5. The minimum atomic E-state index is -0.426. The molecule has 1 heterocycles. The summed E-state index contributed by atoms with van der Waals surface area (Å²) in [6.07, 6.45) is 0. The Morgan fingerprint density at radius 1 is 1.47 bits per heavy atom. The van der Waals surface area contributed by atoms with Crippen molar-refractivity contribution in [2.75, 3.05) is 45.7 Å². The molecule has 0 atom stereocenters. The van der Waals surface area contributed by atoms with Gasteiger partial charge in [-0.05, 0) is 20.0 Å². The average molecular weight is 268 g/mol. The van der Waals surface area contributed by atoms with Gasteiger partial charge in [0.25, 0.3) is 5.69 Å². The van der Waals surface area contributed by atoms with E-state index in [-0.39, 0.29) is 5.69 Å².